The zero-order valence-electron chi connectivity index (χ0n) is 6.19. The second-order valence-corrected chi connectivity index (χ2v) is 5.09. The summed E-state index contributed by atoms with van der Waals surface area (Å²) in [4.78, 5) is 0. The van der Waals surface area contributed by atoms with Crippen molar-refractivity contribution in [3.05, 3.63) is 0 Å². The van der Waals surface area contributed by atoms with Gasteiger partial charge in [0.1, 0.15) is 0 Å². The zero-order chi connectivity index (χ0) is 12.7. The van der Waals surface area contributed by atoms with E-state index >= 15 is 0 Å². The number of halogens is 10. The summed E-state index contributed by atoms with van der Waals surface area (Å²) in [5.41, 5.74) is 0. The van der Waals surface area contributed by atoms with E-state index in [1.54, 1.807) is 0 Å². The van der Waals surface area contributed by atoms with Gasteiger partial charge in [-0.2, -0.15) is 22.0 Å². The molecule has 0 aliphatic rings. The van der Waals surface area contributed by atoms with Crippen LogP contribution in [0.1, 0.15) is 0 Å². The molecule has 0 amide bonds. The number of rotatable bonds is 4. The van der Waals surface area contributed by atoms with Crippen LogP contribution in [0, 0.1) is 0 Å². The predicted molar refractivity (Wildman–Crippen MR) is 46.8 cm³/mol. The van der Waals surface area contributed by atoms with Crippen molar-refractivity contribution in [1.82, 2.24) is 0 Å². The lowest BCUT2D eigenvalue weighted by Crippen LogP contribution is -2.48. The van der Waals surface area contributed by atoms with E-state index in [1.807, 2.05) is 0 Å². The summed E-state index contributed by atoms with van der Waals surface area (Å²) in [5, 5.41) is -4.44. The zero-order valence-corrected chi connectivity index (χ0v) is 9.97. The molecule has 0 N–H and O–H groups in total. The number of hydrogen-bond acceptors (Lipinski definition) is 1. The van der Waals surface area contributed by atoms with E-state index in [0.29, 0.717) is 0 Å². The van der Waals surface area contributed by atoms with Crippen LogP contribution in [-0.2, 0) is 4.74 Å². The van der Waals surface area contributed by atoms with E-state index in [9.17, 15) is 22.0 Å². The molecule has 0 bridgehead atoms. The van der Waals surface area contributed by atoms with Crippen molar-refractivity contribution in [3.63, 3.8) is 0 Å². The Morgan fingerprint density at radius 2 is 1.00 bits per heavy atom. The molecule has 0 aromatic heterocycles. The van der Waals surface area contributed by atoms with Crippen molar-refractivity contribution in [2.75, 3.05) is 0 Å². The molecule has 0 aromatic carbocycles. The highest BCUT2D eigenvalue weighted by atomic mass is 35.5. The summed E-state index contributed by atoms with van der Waals surface area (Å²) in [5.74, 6) is 0. The molecule has 0 rings (SSSR count). The quantitative estimate of drug-likeness (QED) is 0.536. The SMILES string of the molecule is FC(Cl)(Cl)C(F)(F)OC(F)(Cl)C(F)(Cl)Cl. The maximum Gasteiger partial charge on any atom is 0.422 e. The Kier molecular flexibility index (Phi) is 4.69. The highest BCUT2D eigenvalue weighted by Gasteiger charge is 2.64. The molecule has 0 saturated heterocycles. The topological polar surface area (TPSA) is 9.23 Å². The molecule has 11 heteroatoms. The standard InChI is InChI=1S/C4Cl5F5O/c5-1(6,10)3(9,12)15-4(13,14)2(7,8)11. The fourth-order valence-electron chi connectivity index (χ4n) is 0.277. The first kappa shape index (κ1) is 16.1. The number of hydrogen-bond donors (Lipinski definition) is 0. The molecular formula is C4Cl5F5O. The van der Waals surface area contributed by atoms with E-state index in [-0.39, 0.29) is 0 Å². The minimum Gasteiger partial charge on any atom is -0.260 e. The van der Waals surface area contributed by atoms with Gasteiger partial charge in [0.15, 0.2) is 0 Å². The first-order chi connectivity index (χ1) is 6.21. The van der Waals surface area contributed by atoms with E-state index < -0.39 is 20.6 Å². The molecule has 0 fully saturated rings. The molecular weight excluding hydrogens is 336 g/mol. The van der Waals surface area contributed by atoms with Gasteiger partial charge in [-0.1, -0.05) is 46.4 Å². The van der Waals surface area contributed by atoms with Crippen molar-refractivity contribution in [2.24, 2.45) is 0 Å². The number of alkyl halides is 10. The molecule has 1 nitrogen and oxygen atoms in total. The molecule has 0 heterocycles. The van der Waals surface area contributed by atoms with Gasteiger partial charge < -0.3 is 0 Å². The number of ether oxygens (including phenoxy) is 1. The molecule has 15 heavy (non-hydrogen) atoms. The van der Waals surface area contributed by atoms with Crippen LogP contribution in [0.25, 0.3) is 0 Å². The van der Waals surface area contributed by atoms with Gasteiger partial charge in [-0.3, -0.25) is 4.74 Å². The molecule has 1 atom stereocenters. The molecule has 0 spiro atoms. The minimum atomic E-state index is -5.17. The predicted octanol–water partition coefficient (Wildman–Crippen LogP) is 4.66. The van der Waals surface area contributed by atoms with Crippen LogP contribution in [0.5, 0.6) is 0 Å². The maximum absolute atomic E-state index is 12.8. The summed E-state index contributed by atoms with van der Waals surface area (Å²) >= 11 is 21.8. The molecule has 0 radical (unpaired) electrons. The summed E-state index contributed by atoms with van der Waals surface area (Å²) < 4.78 is 56.9. The van der Waals surface area contributed by atoms with Crippen LogP contribution in [0.4, 0.5) is 22.0 Å². The van der Waals surface area contributed by atoms with Crippen molar-refractivity contribution in [3.8, 4) is 0 Å². The van der Waals surface area contributed by atoms with Crippen LogP contribution in [-0.4, -0.2) is 20.6 Å². The molecule has 92 valence electrons. The highest BCUT2D eigenvalue weighted by molar-refractivity contribution is 6.51. The Hall–Kier alpha value is 1.06. The van der Waals surface area contributed by atoms with Crippen LogP contribution < -0.4 is 0 Å². The molecule has 0 aliphatic carbocycles. The lowest BCUT2D eigenvalue weighted by molar-refractivity contribution is -0.333. The fourth-order valence-corrected chi connectivity index (χ4v) is 0.528. The van der Waals surface area contributed by atoms with E-state index in [0.717, 1.165) is 0 Å². The fraction of sp³-hybridized carbons (Fsp3) is 1.00. The van der Waals surface area contributed by atoms with Gasteiger partial charge in [0.25, 0.3) is 0 Å². The van der Waals surface area contributed by atoms with E-state index in [2.05, 4.69) is 62.7 Å². The van der Waals surface area contributed by atoms with Crippen molar-refractivity contribution >= 4 is 58.0 Å². The van der Waals surface area contributed by atoms with Gasteiger partial charge in [-0.25, -0.2) is 0 Å². The smallest absolute Gasteiger partial charge is 0.260 e. The Balaban J connectivity index is 4.89. The second-order valence-electron chi connectivity index (χ2n) is 2.13. The Labute approximate surface area is 105 Å². The first-order valence-corrected chi connectivity index (χ1v) is 4.69. The van der Waals surface area contributed by atoms with Gasteiger partial charge >= 0.3 is 20.6 Å². The van der Waals surface area contributed by atoms with Gasteiger partial charge in [0.2, 0.25) is 0 Å². The summed E-state index contributed by atoms with van der Waals surface area (Å²) in [6, 6.07) is 0. The third-order valence-electron chi connectivity index (χ3n) is 0.916. The van der Waals surface area contributed by atoms with Gasteiger partial charge in [-0.05, 0) is 11.6 Å². The Morgan fingerprint density at radius 1 is 0.667 bits per heavy atom. The van der Waals surface area contributed by atoms with Crippen molar-refractivity contribution in [2.45, 2.75) is 20.6 Å². The molecule has 0 saturated carbocycles. The van der Waals surface area contributed by atoms with Crippen molar-refractivity contribution < 1.29 is 26.7 Å². The third-order valence-corrected chi connectivity index (χ3v) is 2.37. The first-order valence-electron chi connectivity index (χ1n) is 2.80. The average Bonchev–Trinajstić information content (AvgIpc) is 1.77. The van der Waals surface area contributed by atoms with Gasteiger partial charge in [0.05, 0.1) is 0 Å². The van der Waals surface area contributed by atoms with Crippen LogP contribution >= 0.6 is 58.0 Å². The summed E-state index contributed by atoms with van der Waals surface area (Å²) in [7, 11) is 0. The van der Waals surface area contributed by atoms with Crippen molar-refractivity contribution in [1.29, 1.82) is 0 Å². The lowest BCUT2D eigenvalue weighted by atomic mass is 10.6. The molecule has 0 aromatic rings. The second kappa shape index (κ2) is 4.38. The summed E-state index contributed by atoms with van der Waals surface area (Å²) in [6.45, 7) is 0. The van der Waals surface area contributed by atoms with E-state index in [4.69, 9.17) is 0 Å². The van der Waals surface area contributed by atoms with Gasteiger partial charge in [0, 0.05) is 0 Å². The summed E-state index contributed by atoms with van der Waals surface area (Å²) in [6.07, 6.45) is -5.17. The Bertz CT molecular complexity index is 209. The molecule has 1 unspecified atom stereocenters. The Morgan fingerprint density at radius 3 is 1.20 bits per heavy atom. The maximum atomic E-state index is 12.8. The average molecular weight is 336 g/mol. The van der Waals surface area contributed by atoms with Crippen LogP contribution in [0.2, 0.25) is 0 Å². The normalized spacial score (nSPS) is 18.8. The highest BCUT2D eigenvalue weighted by Crippen LogP contribution is 2.50. The molecule has 0 aliphatic heterocycles. The van der Waals surface area contributed by atoms with Crippen LogP contribution in [0.3, 0.4) is 0 Å². The van der Waals surface area contributed by atoms with E-state index in [1.165, 1.54) is 0 Å². The lowest BCUT2D eigenvalue weighted by Gasteiger charge is -2.30. The minimum absolute atomic E-state index is 2.84. The van der Waals surface area contributed by atoms with Crippen LogP contribution in [0.15, 0.2) is 0 Å². The monoisotopic (exact) mass is 334 g/mol. The third kappa shape index (κ3) is 4.09. The largest absolute Gasteiger partial charge is 0.422 e. The van der Waals surface area contributed by atoms with Gasteiger partial charge in [-0.15, -0.1) is 0 Å².